The van der Waals surface area contributed by atoms with Gasteiger partial charge in [0.25, 0.3) is 0 Å². The Morgan fingerprint density at radius 2 is 1.90 bits per heavy atom. The number of hydrogen-bond donors (Lipinski definition) is 1. The molecule has 110 valence electrons. The van der Waals surface area contributed by atoms with E-state index in [0.29, 0.717) is 6.42 Å². The summed E-state index contributed by atoms with van der Waals surface area (Å²) in [6.07, 6.45) is 0.440. The zero-order valence-electron chi connectivity index (χ0n) is 12.1. The van der Waals surface area contributed by atoms with Crippen molar-refractivity contribution in [2.45, 2.75) is 31.6 Å². The number of ether oxygens (including phenoxy) is 1. The molecule has 20 heavy (non-hydrogen) atoms. The summed E-state index contributed by atoms with van der Waals surface area (Å²) in [5.41, 5.74) is 0. The molecule has 4 nitrogen and oxygen atoms in total. The van der Waals surface area contributed by atoms with Gasteiger partial charge in [-0.1, -0.05) is 0 Å². The normalized spacial score (nSPS) is 12.0. The molecule has 0 radical (unpaired) electrons. The fourth-order valence-electron chi connectivity index (χ4n) is 1.65. The Morgan fingerprint density at radius 3 is 2.45 bits per heavy atom. The third-order valence-electron chi connectivity index (χ3n) is 2.78. The Morgan fingerprint density at radius 1 is 1.25 bits per heavy atom. The predicted molar refractivity (Wildman–Crippen MR) is 80.0 cm³/mol. The van der Waals surface area contributed by atoms with Crippen LogP contribution in [0, 0.1) is 5.92 Å². The van der Waals surface area contributed by atoms with Crippen LogP contribution in [0.3, 0.4) is 0 Å². The average molecular weight is 342 g/mol. The van der Waals surface area contributed by atoms with Crippen molar-refractivity contribution in [3.63, 3.8) is 0 Å². The van der Waals surface area contributed by atoms with E-state index in [0.717, 1.165) is 5.32 Å². The molecule has 1 rings (SSSR count). The summed E-state index contributed by atoms with van der Waals surface area (Å²) in [6, 6.07) is 9.58. The van der Waals surface area contributed by atoms with Crippen LogP contribution in [0.25, 0.3) is 0 Å². The molecule has 0 aromatic heterocycles. The van der Waals surface area contributed by atoms with E-state index in [9.17, 15) is 9.59 Å². The van der Waals surface area contributed by atoms with Crippen molar-refractivity contribution in [1.82, 2.24) is 5.32 Å². The van der Waals surface area contributed by atoms with Gasteiger partial charge in [0.2, 0.25) is 0 Å². The Bertz CT molecular complexity index is 434. The van der Waals surface area contributed by atoms with Crippen LogP contribution in [0.15, 0.2) is 30.3 Å². The fourth-order valence-corrected chi connectivity index (χ4v) is 3.48. The zero-order chi connectivity index (χ0) is 15.0. The number of amides is 1. The van der Waals surface area contributed by atoms with Gasteiger partial charge >= 0.3 is 126 Å². The van der Waals surface area contributed by atoms with Gasteiger partial charge in [0.1, 0.15) is 0 Å². The van der Waals surface area contributed by atoms with E-state index in [-0.39, 0.29) is 32.8 Å². The first kappa shape index (κ1) is 16.7. The molecule has 1 aromatic carbocycles. The van der Waals surface area contributed by atoms with Gasteiger partial charge in [0.05, 0.1) is 0 Å². The second kappa shape index (κ2) is 8.77. The van der Waals surface area contributed by atoms with Crippen LogP contribution in [-0.4, -0.2) is 40.0 Å². The molecule has 0 aliphatic heterocycles. The van der Waals surface area contributed by atoms with E-state index in [2.05, 4.69) is 17.4 Å². The number of benzene rings is 1. The number of rotatable bonds is 7. The van der Waals surface area contributed by atoms with Gasteiger partial charge in [0, 0.05) is 0 Å². The molecule has 1 atom stereocenters. The van der Waals surface area contributed by atoms with Gasteiger partial charge in [-0.15, -0.1) is 0 Å². The Kier molecular flexibility index (Phi) is 7.34. The number of nitrogens with one attached hydrogen (secondary N) is 1. The van der Waals surface area contributed by atoms with Crippen LogP contribution in [0.2, 0.25) is 5.32 Å². The molecule has 0 aliphatic carbocycles. The zero-order valence-corrected chi connectivity index (χ0v) is 13.8. The topological polar surface area (TPSA) is 55.4 Å². The Hall–Kier alpha value is -1.32. The Labute approximate surface area is 126 Å². The van der Waals surface area contributed by atoms with Gasteiger partial charge in [0.15, 0.2) is 0 Å². The summed E-state index contributed by atoms with van der Waals surface area (Å²) in [4.78, 5) is 23.4. The summed E-state index contributed by atoms with van der Waals surface area (Å²) in [5.74, 6) is -0.458. The number of hydrogen-bond acceptors (Lipinski definition) is 3. The van der Waals surface area contributed by atoms with E-state index in [1.807, 2.05) is 32.0 Å². The third-order valence-corrected chi connectivity index (χ3v) is 4.91. The van der Waals surface area contributed by atoms with Crippen LogP contribution in [0.4, 0.5) is 0 Å². The SMILES string of the molecule is COC(=O)[C@@H](NC(=O)CC[Se]c1ccccc1)C(C)C. The molecule has 0 bridgehead atoms. The van der Waals surface area contributed by atoms with Crippen LogP contribution in [0.1, 0.15) is 20.3 Å². The van der Waals surface area contributed by atoms with Crippen LogP contribution in [-0.2, 0) is 14.3 Å². The van der Waals surface area contributed by atoms with Crippen molar-refractivity contribution in [3.05, 3.63) is 30.3 Å². The summed E-state index contributed by atoms with van der Waals surface area (Å²) < 4.78 is 5.98. The van der Waals surface area contributed by atoms with Crippen molar-refractivity contribution >= 4 is 31.3 Å². The van der Waals surface area contributed by atoms with Crippen LogP contribution >= 0.6 is 0 Å². The molecule has 0 fully saturated rings. The van der Waals surface area contributed by atoms with E-state index in [1.54, 1.807) is 0 Å². The average Bonchev–Trinajstić information content (AvgIpc) is 2.45. The first-order valence-corrected chi connectivity index (χ1v) is 8.66. The summed E-state index contributed by atoms with van der Waals surface area (Å²) in [6.45, 7) is 3.77. The van der Waals surface area contributed by atoms with Gasteiger partial charge in [-0.05, 0) is 0 Å². The van der Waals surface area contributed by atoms with E-state index in [1.165, 1.54) is 11.6 Å². The number of methoxy groups -OCH3 is 1. The van der Waals surface area contributed by atoms with Gasteiger partial charge in [-0.2, -0.15) is 0 Å². The van der Waals surface area contributed by atoms with Crippen molar-refractivity contribution in [1.29, 1.82) is 0 Å². The van der Waals surface area contributed by atoms with E-state index < -0.39 is 6.04 Å². The van der Waals surface area contributed by atoms with E-state index in [4.69, 9.17) is 4.74 Å². The quantitative estimate of drug-likeness (QED) is 0.597. The monoisotopic (exact) mass is 343 g/mol. The van der Waals surface area contributed by atoms with Gasteiger partial charge < -0.3 is 0 Å². The molecule has 0 aliphatic rings. The third kappa shape index (κ3) is 5.76. The second-order valence-electron chi connectivity index (χ2n) is 4.72. The maximum atomic E-state index is 11.9. The minimum absolute atomic E-state index is 0.0195. The number of carbonyl (C=O) groups is 2. The minimum atomic E-state index is -0.559. The molecule has 0 unspecified atom stereocenters. The van der Waals surface area contributed by atoms with Gasteiger partial charge in [-0.3, -0.25) is 0 Å². The molecule has 0 saturated carbocycles. The Balaban J connectivity index is 2.37. The van der Waals surface area contributed by atoms with Crippen LogP contribution in [0.5, 0.6) is 0 Å². The number of esters is 1. The van der Waals surface area contributed by atoms with Crippen molar-refractivity contribution < 1.29 is 14.3 Å². The summed E-state index contributed by atoms with van der Waals surface area (Å²) in [5, 5.41) is 3.58. The van der Waals surface area contributed by atoms with Crippen molar-refractivity contribution in [2.24, 2.45) is 5.92 Å². The second-order valence-corrected chi connectivity index (χ2v) is 7.18. The fraction of sp³-hybridized carbons (Fsp3) is 0.467. The van der Waals surface area contributed by atoms with E-state index >= 15 is 0 Å². The first-order chi connectivity index (χ1) is 9.54. The number of carbonyl (C=O) groups excluding carboxylic acids is 2. The van der Waals surface area contributed by atoms with Crippen molar-refractivity contribution in [2.75, 3.05) is 7.11 Å². The molecule has 5 heteroatoms. The molecule has 0 saturated heterocycles. The summed E-state index contributed by atoms with van der Waals surface area (Å²) >= 11 is 0.289. The molecule has 0 heterocycles. The molecule has 1 N–H and O–H groups in total. The molecular weight excluding hydrogens is 321 g/mol. The first-order valence-electron chi connectivity index (χ1n) is 6.59. The predicted octanol–water partition coefficient (Wildman–Crippen LogP) is 1.14. The summed E-state index contributed by atoms with van der Waals surface area (Å²) in [7, 11) is 1.34. The molecular formula is C15H21NO3Se. The molecule has 0 spiro atoms. The molecule has 1 aromatic rings. The standard InChI is InChI=1S/C15H21NO3Se/c1-11(2)14(15(18)19-3)16-13(17)9-10-20-12-7-5-4-6-8-12/h4-8,11,14H,9-10H2,1-3H3,(H,16,17)/t14-/m0/s1. The van der Waals surface area contributed by atoms with Crippen LogP contribution < -0.4 is 9.78 Å². The maximum absolute atomic E-state index is 11.9. The molecule has 1 amide bonds. The van der Waals surface area contributed by atoms with Crippen molar-refractivity contribution in [3.8, 4) is 0 Å². The van der Waals surface area contributed by atoms with Gasteiger partial charge in [-0.25, -0.2) is 0 Å².